The molecule has 4 heterocycles. The van der Waals surface area contributed by atoms with Crippen LogP contribution < -0.4 is 15.2 Å². The van der Waals surface area contributed by atoms with E-state index in [1.807, 2.05) is 6.07 Å². The molecule has 2 aromatic rings. The molecule has 8 nitrogen and oxygen atoms in total. The summed E-state index contributed by atoms with van der Waals surface area (Å²) in [6.45, 7) is 3.92. The van der Waals surface area contributed by atoms with E-state index in [1.54, 1.807) is 36.0 Å². The molecular weight excluding hydrogens is 366 g/mol. The van der Waals surface area contributed by atoms with Crippen LogP contribution in [0.3, 0.4) is 0 Å². The van der Waals surface area contributed by atoms with E-state index in [9.17, 15) is 13.2 Å². The number of hydrogen-bond acceptors (Lipinski definition) is 6. The number of fused-ring (bicyclic) bond motifs is 4. The van der Waals surface area contributed by atoms with Crippen LogP contribution in [0.1, 0.15) is 31.4 Å². The molecule has 4 rings (SSSR count). The summed E-state index contributed by atoms with van der Waals surface area (Å²) in [5.74, 6) is 1.23. The number of nitrogens with zero attached hydrogens (tertiary/aromatic N) is 4. The molecule has 2 aliphatic rings. The fourth-order valence-electron chi connectivity index (χ4n) is 4.13. The SMILES string of the molecule is CCCS(=O)(=O)Nc1ccc2n(c1=O)C[C@H]1C[C@@H]2CN(c2ncccn2)C1. The van der Waals surface area contributed by atoms with Crippen molar-refractivity contribution in [3.8, 4) is 0 Å². The Hall–Kier alpha value is -2.42. The molecule has 0 aromatic carbocycles. The topological polar surface area (TPSA) is 97.2 Å². The first-order valence-electron chi connectivity index (χ1n) is 9.23. The van der Waals surface area contributed by atoms with Gasteiger partial charge < -0.3 is 9.47 Å². The Kier molecular flexibility index (Phi) is 4.63. The van der Waals surface area contributed by atoms with E-state index in [0.717, 1.165) is 25.2 Å². The normalized spacial score (nSPS) is 21.6. The van der Waals surface area contributed by atoms with Gasteiger partial charge in [-0.3, -0.25) is 9.52 Å². The zero-order chi connectivity index (χ0) is 19.0. The van der Waals surface area contributed by atoms with Crippen molar-refractivity contribution in [1.29, 1.82) is 0 Å². The summed E-state index contributed by atoms with van der Waals surface area (Å²) in [7, 11) is -3.49. The van der Waals surface area contributed by atoms with Crippen molar-refractivity contribution in [1.82, 2.24) is 14.5 Å². The third kappa shape index (κ3) is 3.55. The lowest BCUT2D eigenvalue weighted by molar-refractivity contribution is 0.280. The van der Waals surface area contributed by atoms with Gasteiger partial charge in [0.2, 0.25) is 16.0 Å². The number of pyridine rings is 1. The van der Waals surface area contributed by atoms with E-state index < -0.39 is 10.0 Å². The van der Waals surface area contributed by atoms with Gasteiger partial charge in [0.1, 0.15) is 5.69 Å². The lowest BCUT2D eigenvalue weighted by Crippen LogP contribution is -2.48. The second kappa shape index (κ2) is 6.95. The first kappa shape index (κ1) is 18.0. The van der Waals surface area contributed by atoms with E-state index >= 15 is 0 Å². The number of aromatic nitrogens is 3. The molecule has 2 aliphatic heterocycles. The maximum atomic E-state index is 12.9. The molecule has 0 spiro atoms. The number of anilines is 2. The summed E-state index contributed by atoms with van der Waals surface area (Å²) in [5.41, 5.74) is 0.831. The standard InChI is InChI=1S/C18H23N5O3S/c1-2-8-27(25,26)21-15-4-5-16-14-9-13(11-23(16)17(15)24)10-22(12-14)18-19-6-3-7-20-18/h3-7,13-14,21H,2,8-12H2,1H3/t13-,14+/m0/s1. The molecule has 2 atom stereocenters. The Morgan fingerprint density at radius 3 is 2.70 bits per heavy atom. The van der Waals surface area contributed by atoms with Crippen molar-refractivity contribution in [3.63, 3.8) is 0 Å². The van der Waals surface area contributed by atoms with Crippen LogP contribution in [0.5, 0.6) is 0 Å². The van der Waals surface area contributed by atoms with Crippen LogP contribution >= 0.6 is 0 Å². The molecule has 0 radical (unpaired) electrons. The minimum atomic E-state index is -3.49. The largest absolute Gasteiger partial charge is 0.340 e. The highest BCUT2D eigenvalue weighted by molar-refractivity contribution is 7.92. The Morgan fingerprint density at radius 1 is 1.19 bits per heavy atom. The molecule has 27 heavy (non-hydrogen) atoms. The minimum absolute atomic E-state index is 0.00543. The van der Waals surface area contributed by atoms with E-state index in [2.05, 4.69) is 19.6 Å². The van der Waals surface area contributed by atoms with Gasteiger partial charge in [0.15, 0.2) is 0 Å². The first-order chi connectivity index (χ1) is 13.0. The minimum Gasteiger partial charge on any atom is -0.340 e. The van der Waals surface area contributed by atoms with Gasteiger partial charge in [-0.2, -0.15) is 0 Å². The Morgan fingerprint density at radius 2 is 1.96 bits per heavy atom. The summed E-state index contributed by atoms with van der Waals surface area (Å²) in [6.07, 6.45) is 4.99. The average Bonchev–Trinajstić information content (AvgIpc) is 2.65. The number of piperidine rings is 1. The predicted molar refractivity (Wildman–Crippen MR) is 103 cm³/mol. The van der Waals surface area contributed by atoms with Gasteiger partial charge in [-0.25, -0.2) is 18.4 Å². The quantitative estimate of drug-likeness (QED) is 0.831. The molecule has 144 valence electrons. The molecule has 0 unspecified atom stereocenters. The average molecular weight is 389 g/mol. The molecule has 1 N–H and O–H groups in total. The van der Waals surface area contributed by atoms with Crippen LogP contribution in [0.2, 0.25) is 0 Å². The molecule has 1 fully saturated rings. The fourth-order valence-corrected chi connectivity index (χ4v) is 5.26. The van der Waals surface area contributed by atoms with Crippen LogP contribution in [0, 0.1) is 5.92 Å². The number of sulfonamides is 1. The van der Waals surface area contributed by atoms with Crippen LogP contribution in [0.25, 0.3) is 0 Å². The second-order valence-corrected chi connectivity index (χ2v) is 9.10. The van der Waals surface area contributed by atoms with Gasteiger partial charge in [0, 0.05) is 43.6 Å². The van der Waals surface area contributed by atoms with Gasteiger partial charge in [-0.15, -0.1) is 0 Å². The second-order valence-electron chi connectivity index (χ2n) is 7.26. The van der Waals surface area contributed by atoms with Crippen LogP contribution in [-0.2, 0) is 16.6 Å². The summed E-state index contributed by atoms with van der Waals surface area (Å²) in [6, 6.07) is 5.27. The van der Waals surface area contributed by atoms with Crippen molar-refractivity contribution < 1.29 is 8.42 Å². The van der Waals surface area contributed by atoms with Crippen LogP contribution in [0.15, 0.2) is 35.4 Å². The monoisotopic (exact) mass is 389 g/mol. The molecule has 2 aromatic heterocycles. The fraction of sp³-hybridized carbons (Fsp3) is 0.500. The molecular formula is C18H23N5O3S. The van der Waals surface area contributed by atoms with Crippen molar-refractivity contribution in [3.05, 3.63) is 46.6 Å². The molecule has 2 bridgehead atoms. The molecule has 0 amide bonds. The molecule has 0 saturated carbocycles. The number of nitrogens with one attached hydrogen (secondary N) is 1. The van der Waals surface area contributed by atoms with E-state index in [4.69, 9.17) is 0 Å². The van der Waals surface area contributed by atoms with Crippen molar-refractivity contribution in [2.75, 3.05) is 28.5 Å². The zero-order valence-electron chi connectivity index (χ0n) is 15.2. The van der Waals surface area contributed by atoms with Crippen LogP contribution in [0.4, 0.5) is 11.6 Å². The predicted octanol–water partition coefficient (Wildman–Crippen LogP) is 1.41. The summed E-state index contributed by atoms with van der Waals surface area (Å²) >= 11 is 0. The van der Waals surface area contributed by atoms with Gasteiger partial charge in [0.05, 0.1) is 5.75 Å². The maximum Gasteiger partial charge on any atom is 0.275 e. The van der Waals surface area contributed by atoms with E-state index in [0.29, 0.717) is 24.8 Å². The molecule has 1 saturated heterocycles. The lowest BCUT2D eigenvalue weighted by Gasteiger charge is -2.42. The maximum absolute atomic E-state index is 12.9. The van der Waals surface area contributed by atoms with Gasteiger partial charge in [-0.1, -0.05) is 6.92 Å². The Labute approximate surface area is 158 Å². The van der Waals surface area contributed by atoms with Crippen molar-refractivity contribution in [2.45, 2.75) is 32.2 Å². The number of hydrogen-bond donors (Lipinski definition) is 1. The molecule has 9 heteroatoms. The van der Waals surface area contributed by atoms with Crippen molar-refractivity contribution >= 4 is 21.7 Å². The zero-order valence-corrected chi connectivity index (χ0v) is 16.0. The highest BCUT2D eigenvalue weighted by atomic mass is 32.2. The third-order valence-corrected chi connectivity index (χ3v) is 6.65. The summed E-state index contributed by atoms with van der Waals surface area (Å²) in [4.78, 5) is 23.7. The Balaban J connectivity index is 1.63. The smallest absolute Gasteiger partial charge is 0.275 e. The van der Waals surface area contributed by atoms with E-state index in [-0.39, 0.29) is 22.9 Å². The summed E-state index contributed by atoms with van der Waals surface area (Å²) < 4.78 is 28.3. The van der Waals surface area contributed by atoms with Gasteiger partial charge >= 0.3 is 0 Å². The highest BCUT2D eigenvalue weighted by Crippen LogP contribution is 2.36. The van der Waals surface area contributed by atoms with Crippen LogP contribution in [-0.4, -0.2) is 41.8 Å². The van der Waals surface area contributed by atoms with Crippen molar-refractivity contribution in [2.24, 2.45) is 5.92 Å². The Bertz CT molecular complexity index is 990. The summed E-state index contributed by atoms with van der Waals surface area (Å²) in [5, 5.41) is 0. The molecule has 0 aliphatic carbocycles. The van der Waals surface area contributed by atoms with Gasteiger partial charge in [-0.05, 0) is 37.0 Å². The third-order valence-electron chi connectivity index (χ3n) is 5.18. The first-order valence-corrected chi connectivity index (χ1v) is 10.9. The van der Waals surface area contributed by atoms with Gasteiger partial charge in [0.25, 0.3) is 5.56 Å². The van der Waals surface area contributed by atoms with E-state index in [1.165, 1.54) is 0 Å². The number of rotatable bonds is 5. The lowest BCUT2D eigenvalue weighted by atomic mass is 9.83. The highest BCUT2D eigenvalue weighted by Gasteiger charge is 2.36.